The summed E-state index contributed by atoms with van der Waals surface area (Å²) >= 11 is 0. The van der Waals surface area contributed by atoms with Gasteiger partial charge in [0.2, 0.25) is 5.95 Å². The summed E-state index contributed by atoms with van der Waals surface area (Å²) in [7, 11) is 0. The van der Waals surface area contributed by atoms with Crippen molar-refractivity contribution in [3.8, 4) is 0 Å². The summed E-state index contributed by atoms with van der Waals surface area (Å²) in [5.74, 6) is -0.00188. The molecule has 0 radical (unpaired) electrons. The molecule has 0 aliphatic heterocycles. The molecule has 33 heavy (non-hydrogen) atoms. The highest BCUT2D eigenvalue weighted by Gasteiger charge is 2.20. The SMILES string of the molecule is CC(C)(C)OC(=O)n1cc(CCCCCc2cn(CCNC(=O)c3ccc[nH]3)nn2)nc1N. The highest BCUT2D eigenvalue weighted by Crippen LogP contribution is 2.14. The monoisotopic (exact) mass is 456 g/mol. The maximum Gasteiger partial charge on any atom is 0.421 e. The van der Waals surface area contributed by atoms with Gasteiger partial charge in [-0.2, -0.15) is 0 Å². The number of nitrogens with two attached hydrogens (primary N) is 1. The van der Waals surface area contributed by atoms with E-state index in [1.807, 2.05) is 6.20 Å². The van der Waals surface area contributed by atoms with Crippen LogP contribution < -0.4 is 11.1 Å². The Hall–Kier alpha value is -3.63. The fourth-order valence-corrected chi connectivity index (χ4v) is 3.22. The van der Waals surface area contributed by atoms with E-state index < -0.39 is 11.7 Å². The van der Waals surface area contributed by atoms with Crippen LogP contribution in [0.4, 0.5) is 10.7 Å². The van der Waals surface area contributed by atoms with Gasteiger partial charge in [0.1, 0.15) is 11.3 Å². The van der Waals surface area contributed by atoms with Gasteiger partial charge in [0, 0.05) is 25.1 Å². The minimum atomic E-state index is -0.591. The molecule has 178 valence electrons. The molecule has 11 heteroatoms. The van der Waals surface area contributed by atoms with Crippen LogP contribution in [0.5, 0.6) is 0 Å². The second kappa shape index (κ2) is 10.8. The van der Waals surface area contributed by atoms with Crippen LogP contribution in [0, 0.1) is 0 Å². The maximum atomic E-state index is 12.2. The highest BCUT2D eigenvalue weighted by molar-refractivity contribution is 5.92. The van der Waals surface area contributed by atoms with Crippen molar-refractivity contribution in [1.82, 2.24) is 34.8 Å². The van der Waals surface area contributed by atoms with Gasteiger partial charge in [-0.05, 0) is 58.6 Å². The number of imidazole rings is 1. The van der Waals surface area contributed by atoms with Crippen molar-refractivity contribution in [2.24, 2.45) is 0 Å². The minimum Gasteiger partial charge on any atom is -0.443 e. The first kappa shape index (κ1) is 24.0. The van der Waals surface area contributed by atoms with Crippen molar-refractivity contribution in [2.75, 3.05) is 12.3 Å². The first-order chi connectivity index (χ1) is 15.7. The Morgan fingerprint density at radius 3 is 2.61 bits per heavy atom. The van der Waals surface area contributed by atoms with Gasteiger partial charge in [-0.15, -0.1) is 5.10 Å². The van der Waals surface area contributed by atoms with Gasteiger partial charge in [-0.1, -0.05) is 11.6 Å². The molecule has 0 saturated heterocycles. The maximum absolute atomic E-state index is 12.2. The van der Waals surface area contributed by atoms with E-state index in [1.54, 1.807) is 50.0 Å². The zero-order valence-corrected chi connectivity index (χ0v) is 19.4. The number of ether oxygens (including phenoxy) is 1. The first-order valence-electron chi connectivity index (χ1n) is 11.1. The standard InChI is InChI=1S/C22H32N8O3/c1-22(2,3)33-21(32)30-15-16(26-20(30)23)8-5-4-6-9-17-14-29(28-27-17)13-12-25-19(31)18-10-7-11-24-18/h7,10-11,14-15,24H,4-6,8-9,12-13H2,1-3H3,(H2,23,26)(H,25,31). The predicted molar refractivity (Wildman–Crippen MR) is 123 cm³/mol. The van der Waals surface area contributed by atoms with Gasteiger partial charge in [0.15, 0.2) is 0 Å². The van der Waals surface area contributed by atoms with E-state index in [4.69, 9.17) is 10.5 Å². The number of rotatable bonds is 10. The fourth-order valence-electron chi connectivity index (χ4n) is 3.22. The molecule has 3 aromatic rings. The van der Waals surface area contributed by atoms with Crippen LogP contribution in [0.15, 0.2) is 30.7 Å². The number of amides is 1. The Kier molecular flexibility index (Phi) is 7.86. The molecule has 0 unspecified atom stereocenters. The molecule has 0 aromatic carbocycles. The van der Waals surface area contributed by atoms with E-state index in [-0.39, 0.29) is 11.9 Å². The smallest absolute Gasteiger partial charge is 0.421 e. The van der Waals surface area contributed by atoms with Crippen molar-refractivity contribution in [3.63, 3.8) is 0 Å². The Bertz CT molecular complexity index is 1050. The molecule has 0 saturated carbocycles. The van der Waals surface area contributed by atoms with Crippen molar-refractivity contribution >= 4 is 17.9 Å². The third-order valence-corrected chi connectivity index (χ3v) is 4.79. The third-order valence-electron chi connectivity index (χ3n) is 4.79. The van der Waals surface area contributed by atoms with Gasteiger partial charge in [0.05, 0.1) is 17.9 Å². The number of unbranched alkanes of at least 4 members (excludes halogenated alkanes) is 2. The molecule has 0 spiro atoms. The van der Waals surface area contributed by atoms with Gasteiger partial charge in [0.25, 0.3) is 5.91 Å². The van der Waals surface area contributed by atoms with Crippen molar-refractivity contribution in [3.05, 3.63) is 47.8 Å². The summed E-state index contributed by atoms with van der Waals surface area (Å²) in [6.07, 6.45) is 9.16. The van der Waals surface area contributed by atoms with Gasteiger partial charge < -0.3 is 20.8 Å². The molecular weight excluding hydrogens is 424 g/mol. The second-order valence-electron chi connectivity index (χ2n) is 8.81. The lowest BCUT2D eigenvalue weighted by atomic mass is 10.1. The van der Waals surface area contributed by atoms with Crippen LogP contribution in [0.2, 0.25) is 0 Å². The van der Waals surface area contributed by atoms with Gasteiger partial charge in [-0.3, -0.25) is 9.48 Å². The lowest BCUT2D eigenvalue weighted by Gasteiger charge is -2.19. The molecule has 3 heterocycles. The molecular formula is C22H32N8O3. The number of aromatic amines is 1. The molecule has 0 aliphatic rings. The largest absolute Gasteiger partial charge is 0.443 e. The number of carbonyl (C=O) groups is 2. The Morgan fingerprint density at radius 1 is 1.15 bits per heavy atom. The average molecular weight is 457 g/mol. The van der Waals surface area contributed by atoms with E-state index in [1.165, 1.54) is 4.57 Å². The van der Waals surface area contributed by atoms with Crippen LogP contribution in [0.3, 0.4) is 0 Å². The molecule has 11 nitrogen and oxygen atoms in total. The number of aromatic nitrogens is 6. The number of carbonyl (C=O) groups excluding carboxylic acids is 2. The average Bonchev–Trinajstić information content (AvgIpc) is 3.48. The quantitative estimate of drug-likeness (QED) is 0.397. The van der Waals surface area contributed by atoms with E-state index in [2.05, 4.69) is 25.6 Å². The van der Waals surface area contributed by atoms with E-state index in [0.717, 1.165) is 43.5 Å². The Labute approximate surface area is 192 Å². The Balaban J connectivity index is 1.33. The topological polar surface area (TPSA) is 146 Å². The Morgan fingerprint density at radius 2 is 1.91 bits per heavy atom. The van der Waals surface area contributed by atoms with Crippen LogP contribution in [0.1, 0.15) is 61.9 Å². The van der Waals surface area contributed by atoms with Crippen LogP contribution in [0.25, 0.3) is 0 Å². The molecule has 0 bridgehead atoms. The summed E-state index contributed by atoms with van der Waals surface area (Å²) in [4.78, 5) is 31.2. The number of hydrogen-bond donors (Lipinski definition) is 3. The van der Waals surface area contributed by atoms with Crippen molar-refractivity contribution in [1.29, 1.82) is 0 Å². The first-order valence-corrected chi connectivity index (χ1v) is 11.1. The van der Waals surface area contributed by atoms with E-state index in [0.29, 0.717) is 18.8 Å². The molecule has 0 atom stereocenters. The van der Waals surface area contributed by atoms with Crippen molar-refractivity contribution < 1.29 is 14.3 Å². The van der Waals surface area contributed by atoms with E-state index in [9.17, 15) is 9.59 Å². The molecule has 0 aliphatic carbocycles. The van der Waals surface area contributed by atoms with E-state index >= 15 is 0 Å². The van der Waals surface area contributed by atoms with Gasteiger partial charge in [-0.25, -0.2) is 14.3 Å². The number of nitrogens with zero attached hydrogens (tertiary/aromatic N) is 5. The van der Waals surface area contributed by atoms with Crippen LogP contribution in [-0.2, 0) is 24.1 Å². The minimum absolute atomic E-state index is 0.139. The zero-order valence-electron chi connectivity index (χ0n) is 19.4. The van der Waals surface area contributed by atoms with Crippen LogP contribution in [-0.4, -0.2) is 53.7 Å². The molecule has 4 N–H and O–H groups in total. The predicted octanol–water partition coefficient (Wildman–Crippen LogP) is 2.55. The number of anilines is 1. The summed E-state index contributed by atoms with van der Waals surface area (Å²) in [6.45, 7) is 6.45. The number of nitrogen functional groups attached to an aromatic ring is 1. The molecule has 3 rings (SSSR count). The second-order valence-corrected chi connectivity index (χ2v) is 8.81. The third kappa shape index (κ3) is 7.48. The number of aryl methyl sites for hydroxylation is 2. The summed E-state index contributed by atoms with van der Waals surface area (Å²) in [5, 5.41) is 11.1. The summed E-state index contributed by atoms with van der Waals surface area (Å²) in [5.41, 5.74) is 7.49. The fraction of sp³-hybridized carbons (Fsp3) is 0.500. The zero-order chi connectivity index (χ0) is 23.8. The van der Waals surface area contributed by atoms with Crippen LogP contribution >= 0.6 is 0 Å². The lowest BCUT2D eigenvalue weighted by Crippen LogP contribution is -2.27. The number of hydrogen-bond acceptors (Lipinski definition) is 7. The summed E-state index contributed by atoms with van der Waals surface area (Å²) in [6, 6.07) is 3.51. The summed E-state index contributed by atoms with van der Waals surface area (Å²) < 4.78 is 8.31. The number of nitrogens with one attached hydrogen (secondary N) is 2. The molecule has 0 fully saturated rings. The number of H-pyrrole nitrogens is 1. The van der Waals surface area contributed by atoms with Gasteiger partial charge >= 0.3 is 6.09 Å². The highest BCUT2D eigenvalue weighted by atomic mass is 16.6. The molecule has 3 aromatic heterocycles. The normalized spacial score (nSPS) is 11.5. The lowest BCUT2D eigenvalue weighted by molar-refractivity contribution is 0.0540. The molecule has 1 amide bonds. The van der Waals surface area contributed by atoms with Crippen molar-refractivity contribution in [2.45, 2.75) is 65.0 Å².